The van der Waals surface area contributed by atoms with Crippen molar-refractivity contribution < 1.29 is 4.74 Å². The highest BCUT2D eigenvalue weighted by Gasteiger charge is 2.21. The lowest BCUT2D eigenvalue weighted by atomic mass is 10.1. The van der Waals surface area contributed by atoms with Gasteiger partial charge in [-0.2, -0.15) is 0 Å². The smallest absolute Gasteiger partial charge is 0.107 e. The summed E-state index contributed by atoms with van der Waals surface area (Å²) in [5, 5.41) is 0. The fourth-order valence-corrected chi connectivity index (χ4v) is 3.68. The summed E-state index contributed by atoms with van der Waals surface area (Å²) in [6.45, 7) is 6.41. The maximum Gasteiger partial charge on any atom is 0.107 e. The van der Waals surface area contributed by atoms with Crippen molar-refractivity contribution in [1.29, 1.82) is 0 Å². The van der Waals surface area contributed by atoms with Crippen molar-refractivity contribution in [2.45, 2.75) is 71.1 Å². The predicted molar refractivity (Wildman–Crippen MR) is 87.7 cm³/mol. The molecule has 1 rings (SSSR count). The minimum atomic E-state index is 0.0116. The van der Waals surface area contributed by atoms with E-state index in [2.05, 4.69) is 41.9 Å². The average molecular weight is 348 g/mol. The summed E-state index contributed by atoms with van der Waals surface area (Å²) in [5.74, 6) is 0. The van der Waals surface area contributed by atoms with Crippen LogP contribution < -0.4 is 5.73 Å². The van der Waals surface area contributed by atoms with E-state index < -0.39 is 0 Å². The second kappa shape index (κ2) is 9.11. The van der Waals surface area contributed by atoms with Crippen molar-refractivity contribution in [2.75, 3.05) is 0 Å². The van der Waals surface area contributed by atoms with Crippen molar-refractivity contribution in [3.05, 3.63) is 20.8 Å². The van der Waals surface area contributed by atoms with Gasteiger partial charge in [0, 0.05) is 10.9 Å². The zero-order chi connectivity index (χ0) is 14.3. The third-order valence-electron chi connectivity index (χ3n) is 3.20. The van der Waals surface area contributed by atoms with Crippen LogP contribution in [0.5, 0.6) is 0 Å². The van der Waals surface area contributed by atoms with Gasteiger partial charge in [-0.05, 0) is 48.3 Å². The summed E-state index contributed by atoms with van der Waals surface area (Å²) >= 11 is 5.21. The first-order chi connectivity index (χ1) is 9.04. The Morgan fingerprint density at radius 3 is 2.53 bits per heavy atom. The zero-order valence-electron chi connectivity index (χ0n) is 12.2. The standard InChI is InChI=1S/C15H26BrNOS/c1-4-5-6-7-8-11(2)18-15(12(3)17)13-9-10-14(16)19-13/h9-12,15H,4-8,17H2,1-3H3. The lowest BCUT2D eigenvalue weighted by Gasteiger charge is -2.24. The van der Waals surface area contributed by atoms with Gasteiger partial charge >= 0.3 is 0 Å². The average Bonchev–Trinajstić information content (AvgIpc) is 2.78. The van der Waals surface area contributed by atoms with Gasteiger partial charge in [0.25, 0.3) is 0 Å². The Morgan fingerprint density at radius 1 is 1.26 bits per heavy atom. The van der Waals surface area contributed by atoms with E-state index >= 15 is 0 Å². The number of hydrogen-bond acceptors (Lipinski definition) is 3. The van der Waals surface area contributed by atoms with Crippen LogP contribution in [0.2, 0.25) is 0 Å². The molecule has 19 heavy (non-hydrogen) atoms. The summed E-state index contributed by atoms with van der Waals surface area (Å²) in [5.41, 5.74) is 6.07. The second-order valence-corrected chi connectivity index (χ2v) is 7.71. The van der Waals surface area contributed by atoms with Gasteiger partial charge in [0.15, 0.2) is 0 Å². The van der Waals surface area contributed by atoms with Crippen LogP contribution in [-0.4, -0.2) is 12.1 Å². The minimum Gasteiger partial charge on any atom is -0.368 e. The van der Waals surface area contributed by atoms with Gasteiger partial charge in [0.05, 0.1) is 9.89 Å². The SMILES string of the molecule is CCCCCCC(C)OC(c1ccc(Br)s1)C(C)N. The summed E-state index contributed by atoms with van der Waals surface area (Å²) in [6.07, 6.45) is 6.55. The molecule has 0 radical (unpaired) electrons. The fourth-order valence-electron chi connectivity index (χ4n) is 2.11. The van der Waals surface area contributed by atoms with E-state index in [0.717, 1.165) is 10.2 Å². The van der Waals surface area contributed by atoms with Crippen LogP contribution in [0.25, 0.3) is 0 Å². The molecular weight excluding hydrogens is 322 g/mol. The molecule has 1 aromatic heterocycles. The van der Waals surface area contributed by atoms with Crippen LogP contribution in [0.15, 0.2) is 15.9 Å². The second-order valence-electron chi connectivity index (χ2n) is 5.22. The van der Waals surface area contributed by atoms with Crippen LogP contribution >= 0.6 is 27.3 Å². The van der Waals surface area contributed by atoms with Crippen molar-refractivity contribution >= 4 is 27.3 Å². The molecule has 0 fully saturated rings. The predicted octanol–water partition coefficient (Wildman–Crippen LogP) is 5.27. The van der Waals surface area contributed by atoms with Crippen LogP contribution in [0, 0.1) is 0 Å². The van der Waals surface area contributed by atoms with E-state index in [-0.39, 0.29) is 18.2 Å². The molecule has 0 aliphatic heterocycles. The molecule has 110 valence electrons. The minimum absolute atomic E-state index is 0.0116. The Kier molecular flexibility index (Phi) is 8.23. The van der Waals surface area contributed by atoms with E-state index in [4.69, 9.17) is 10.5 Å². The first kappa shape index (κ1) is 17.2. The highest BCUT2D eigenvalue weighted by molar-refractivity contribution is 9.11. The Morgan fingerprint density at radius 2 is 2.00 bits per heavy atom. The topological polar surface area (TPSA) is 35.2 Å². The first-order valence-corrected chi connectivity index (χ1v) is 8.81. The van der Waals surface area contributed by atoms with Crippen molar-refractivity contribution in [3.8, 4) is 0 Å². The normalized spacial score (nSPS) is 16.3. The summed E-state index contributed by atoms with van der Waals surface area (Å²) < 4.78 is 7.29. The van der Waals surface area contributed by atoms with Crippen LogP contribution in [0.1, 0.15) is 63.9 Å². The molecule has 0 aliphatic rings. The lowest BCUT2D eigenvalue weighted by molar-refractivity contribution is -0.0175. The highest BCUT2D eigenvalue weighted by atomic mass is 79.9. The largest absolute Gasteiger partial charge is 0.368 e. The molecule has 0 aromatic carbocycles. The van der Waals surface area contributed by atoms with Gasteiger partial charge in [-0.1, -0.05) is 32.6 Å². The van der Waals surface area contributed by atoms with E-state index in [1.807, 2.05) is 6.92 Å². The number of thiophene rings is 1. The van der Waals surface area contributed by atoms with Gasteiger partial charge in [-0.3, -0.25) is 0 Å². The molecule has 1 heterocycles. The van der Waals surface area contributed by atoms with Crippen molar-refractivity contribution in [3.63, 3.8) is 0 Å². The molecule has 3 unspecified atom stereocenters. The zero-order valence-corrected chi connectivity index (χ0v) is 14.6. The summed E-state index contributed by atoms with van der Waals surface area (Å²) in [7, 11) is 0. The Labute approximate surface area is 129 Å². The number of nitrogens with two attached hydrogens (primary N) is 1. The van der Waals surface area contributed by atoms with Crippen molar-refractivity contribution in [1.82, 2.24) is 0 Å². The van der Waals surface area contributed by atoms with Gasteiger partial charge in [-0.15, -0.1) is 11.3 Å². The molecule has 0 saturated heterocycles. The van der Waals surface area contributed by atoms with Gasteiger partial charge in [-0.25, -0.2) is 0 Å². The number of ether oxygens (including phenoxy) is 1. The Balaban J connectivity index is 2.45. The third-order valence-corrected chi connectivity index (χ3v) is 4.88. The molecule has 0 amide bonds. The summed E-state index contributed by atoms with van der Waals surface area (Å²) in [6, 6.07) is 4.18. The molecule has 2 nitrogen and oxygen atoms in total. The van der Waals surface area contributed by atoms with E-state index in [9.17, 15) is 0 Å². The molecule has 0 aliphatic carbocycles. The van der Waals surface area contributed by atoms with Gasteiger partial charge in [0.2, 0.25) is 0 Å². The van der Waals surface area contributed by atoms with E-state index in [0.29, 0.717) is 0 Å². The monoisotopic (exact) mass is 347 g/mol. The molecule has 0 bridgehead atoms. The number of rotatable bonds is 9. The molecule has 4 heteroatoms. The van der Waals surface area contributed by atoms with Gasteiger partial charge < -0.3 is 10.5 Å². The molecule has 2 N–H and O–H groups in total. The number of unbranched alkanes of at least 4 members (excludes halogenated alkanes) is 3. The van der Waals surface area contributed by atoms with Gasteiger partial charge in [0.1, 0.15) is 6.10 Å². The maximum absolute atomic E-state index is 6.16. The molecule has 1 aromatic rings. The molecular formula is C15H26BrNOS. The number of halogens is 1. The fraction of sp³-hybridized carbons (Fsp3) is 0.733. The highest BCUT2D eigenvalue weighted by Crippen LogP contribution is 2.32. The van der Waals surface area contributed by atoms with E-state index in [1.165, 1.54) is 30.6 Å². The van der Waals surface area contributed by atoms with Crippen LogP contribution in [0.3, 0.4) is 0 Å². The summed E-state index contributed by atoms with van der Waals surface area (Å²) in [4.78, 5) is 1.21. The quantitative estimate of drug-likeness (QED) is 0.617. The third kappa shape index (κ3) is 6.39. The number of hydrogen-bond donors (Lipinski definition) is 1. The molecule has 3 atom stereocenters. The van der Waals surface area contributed by atoms with Crippen LogP contribution in [0.4, 0.5) is 0 Å². The Bertz CT molecular complexity index is 354. The van der Waals surface area contributed by atoms with E-state index in [1.54, 1.807) is 11.3 Å². The molecule has 0 saturated carbocycles. The molecule has 0 spiro atoms. The van der Waals surface area contributed by atoms with Crippen LogP contribution in [-0.2, 0) is 4.74 Å². The van der Waals surface area contributed by atoms with Crippen molar-refractivity contribution in [2.24, 2.45) is 5.73 Å². The first-order valence-electron chi connectivity index (χ1n) is 7.20. The lowest BCUT2D eigenvalue weighted by Crippen LogP contribution is -2.29. The maximum atomic E-state index is 6.16. The Hall–Kier alpha value is 0.1000.